The van der Waals surface area contributed by atoms with Crippen LogP contribution in [0.3, 0.4) is 0 Å². The topological polar surface area (TPSA) is 21.3 Å². The van der Waals surface area contributed by atoms with Crippen LogP contribution < -0.4 is 10.1 Å². The number of methoxy groups -OCH3 is 1. The van der Waals surface area contributed by atoms with Gasteiger partial charge in [-0.25, -0.2) is 0 Å². The number of benzene rings is 1. The number of ether oxygens (including phenoxy) is 1. The van der Waals surface area contributed by atoms with Crippen molar-refractivity contribution in [3.8, 4) is 5.75 Å². The summed E-state index contributed by atoms with van der Waals surface area (Å²) in [6.45, 7) is 7.73. The lowest BCUT2D eigenvalue weighted by Gasteiger charge is -2.21. The van der Waals surface area contributed by atoms with Crippen LogP contribution in [0.4, 0.5) is 0 Å². The van der Waals surface area contributed by atoms with Crippen LogP contribution in [0, 0.1) is 5.92 Å². The van der Waals surface area contributed by atoms with Gasteiger partial charge >= 0.3 is 0 Å². The smallest absolute Gasteiger partial charge is 0.118 e. The van der Waals surface area contributed by atoms with Crippen molar-refractivity contribution >= 4 is 0 Å². The Hall–Kier alpha value is -1.02. The van der Waals surface area contributed by atoms with Crippen LogP contribution in [0.2, 0.25) is 0 Å². The molecule has 0 saturated carbocycles. The maximum absolute atomic E-state index is 5.19. The first-order valence-corrected chi connectivity index (χ1v) is 6.58. The molecule has 0 fully saturated rings. The first-order chi connectivity index (χ1) is 8.21. The number of hydrogen-bond acceptors (Lipinski definition) is 2. The zero-order chi connectivity index (χ0) is 12.7. The third kappa shape index (κ3) is 4.39. The van der Waals surface area contributed by atoms with Gasteiger partial charge in [0.2, 0.25) is 0 Å². The third-order valence-electron chi connectivity index (χ3n) is 3.30. The van der Waals surface area contributed by atoms with E-state index in [0.29, 0.717) is 6.04 Å². The minimum atomic E-state index is 0.459. The Morgan fingerprint density at radius 2 is 1.82 bits per heavy atom. The molecule has 96 valence electrons. The lowest BCUT2D eigenvalue weighted by atomic mass is 9.94. The van der Waals surface area contributed by atoms with E-state index in [1.54, 1.807) is 7.11 Å². The van der Waals surface area contributed by atoms with Crippen LogP contribution in [0.15, 0.2) is 24.3 Å². The standard InChI is InChI=1S/C15H25NO/c1-5-12(3)11-15(16-6-2)13-7-9-14(17-4)10-8-13/h7-10,12,15-16H,5-6,11H2,1-4H3. The van der Waals surface area contributed by atoms with E-state index < -0.39 is 0 Å². The zero-order valence-electron chi connectivity index (χ0n) is 11.5. The highest BCUT2D eigenvalue weighted by Crippen LogP contribution is 2.24. The van der Waals surface area contributed by atoms with E-state index in [4.69, 9.17) is 4.74 Å². The fourth-order valence-corrected chi connectivity index (χ4v) is 1.99. The fraction of sp³-hybridized carbons (Fsp3) is 0.600. The summed E-state index contributed by atoms with van der Waals surface area (Å²) in [4.78, 5) is 0. The fourth-order valence-electron chi connectivity index (χ4n) is 1.99. The molecular weight excluding hydrogens is 210 g/mol. The van der Waals surface area contributed by atoms with Gasteiger partial charge < -0.3 is 10.1 Å². The number of hydrogen-bond donors (Lipinski definition) is 1. The first kappa shape index (κ1) is 14.0. The van der Waals surface area contributed by atoms with Gasteiger partial charge in [-0.2, -0.15) is 0 Å². The van der Waals surface area contributed by atoms with Gasteiger partial charge in [-0.15, -0.1) is 0 Å². The first-order valence-electron chi connectivity index (χ1n) is 6.58. The SMILES string of the molecule is CCNC(CC(C)CC)c1ccc(OC)cc1. The van der Waals surface area contributed by atoms with Crippen molar-refractivity contribution < 1.29 is 4.74 Å². The highest BCUT2D eigenvalue weighted by Gasteiger charge is 2.13. The molecule has 0 heterocycles. The van der Waals surface area contributed by atoms with Crippen molar-refractivity contribution in [2.24, 2.45) is 5.92 Å². The Kier molecular flexibility index (Phi) is 6.06. The molecule has 1 aromatic carbocycles. The zero-order valence-corrected chi connectivity index (χ0v) is 11.5. The molecule has 2 unspecified atom stereocenters. The van der Waals surface area contributed by atoms with Gasteiger partial charge in [0.25, 0.3) is 0 Å². The molecule has 1 rings (SSSR count). The summed E-state index contributed by atoms with van der Waals surface area (Å²) in [7, 11) is 1.70. The van der Waals surface area contributed by atoms with Crippen molar-refractivity contribution in [2.45, 2.75) is 39.7 Å². The summed E-state index contributed by atoms with van der Waals surface area (Å²) in [5.41, 5.74) is 1.35. The summed E-state index contributed by atoms with van der Waals surface area (Å²) >= 11 is 0. The van der Waals surface area contributed by atoms with Crippen molar-refractivity contribution in [1.29, 1.82) is 0 Å². The average Bonchev–Trinajstić information content (AvgIpc) is 2.38. The van der Waals surface area contributed by atoms with E-state index in [9.17, 15) is 0 Å². The van der Waals surface area contributed by atoms with Gasteiger partial charge in [-0.1, -0.05) is 39.3 Å². The second-order valence-corrected chi connectivity index (χ2v) is 4.63. The average molecular weight is 235 g/mol. The van der Waals surface area contributed by atoms with E-state index in [-0.39, 0.29) is 0 Å². The highest BCUT2D eigenvalue weighted by atomic mass is 16.5. The molecular formula is C15H25NO. The molecule has 17 heavy (non-hydrogen) atoms. The molecule has 0 aliphatic heterocycles. The van der Waals surface area contributed by atoms with Crippen molar-refractivity contribution in [1.82, 2.24) is 5.32 Å². The van der Waals surface area contributed by atoms with E-state index in [1.807, 2.05) is 12.1 Å². The van der Waals surface area contributed by atoms with Crippen LogP contribution >= 0.6 is 0 Å². The summed E-state index contributed by atoms with van der Waals surface area (Å²) in [6.07, 6.45) is 2.43. The molecule has 2 nitrogen and oxygen atoms in total. The van der Waals surface area contributed by atoms with Gasteiger partial charge in [0, 0.05) is 6.04 Å². The van der Waals surface area contributed by atoms with Crippen molar-refractivity contribution in [3.05, 3.63) is 29.8 Å². The predicted octanol–water partition coefficient (Wildman–Crippen LogP) is 3.78. The monoisotopic (exact) mass is 235 g/mol. The molecule has 2 heteroatoms. The van der Waals surface area contributed by atoms with E-state index >= 15 is 0 Å². The summed E-state index contributed by atoms with van der Waals surface area (Å²) < 4.78 is 5.19. The highest BCUT2D eigenvalue weighted by molar-refractivity contribution is 5.29. The minimum Gasteiger partial charge on any atom is -0.497 e. The van der Waals surface area contributed by atoms with Gasteiger partial charge in [-0.05, 0) is 36.6 Å². The Morgan fingerprint density at radius 1 is 1.18 bits per heavy atom. The van der Waals surface area contributed by atoms with E-state index in [0.717, 1.165) is 18.2 Å². The van der Waals surface area contributed by atoms with Gasteiger partial charge in [0.05, 0.1) is 7.11 Å². The number of rotatable bonds is 7. The Balaban J connectivity index is 2.73. The van der Waals surface area contributed by atoms with Crippen LogP contribution in [0.1, 0.15) is 45.2 Å². The second-order valence-electron chi connectivity index (χ2n) is 4.63. The molecule has 0 aliphatic rings. The Morgan fingerprint density at radius 3 is 2.29 bits per heavy atom. The van der Waals surface area contributed by atoms with E-state index in [1.165, 1.54) is 18.4 Å². The molecule has 0 bridgehead atoms. The molecule has 1 aromatic rings. The largest absolute Gasteiger partial charge is 0.497 e. The molecule has 0 amide bonds. The predicted molar refractivity (Wildman–Crippen MR) is 73.5 cm³/mol. The molecule has 0 aliphatic carbocycles. The molecule has 0 spiro atoms. The Labute approximate surface area is 105 Å². The van der Waals surface area contributed by atoms with Crippen molar-refractivity contribution in [3.63, 3.8) is 0 Å². The normalized spacial score (nSPS) is 14.4. The van der Waals surface area contributed by atoms with E-state index in [2.05, 4.69) is 38.2 Å². The summed E-state index contributed by atoms with van der Waals surface area (Å²) in [5, 5.41) is 3.56. The summed E-state index contributed by atoms with van der Waals surface area (Å²) in [6, 6.07) is 8.86. The molecule has 2 atom stereocenters. The van der Waals surface area contributed by atoms with Gasteiger partial charge in [0.15, 0.2) is 0 Å². The van der Waals surface area contributed by atoms with Crippen molar-refractivity contribution in [2.75, 3.05) is 13.7 Å². The second kappa shape index (κ2) is 7.33. The summed E-state index contributed by atoms with van der Waals surface area (Å²) in [5.74, 6) is 1.67. The lowest BCUT2D eigenvalue weighted by Crippen LogP contribution is -2.22. The van der Waals surface area contributed by atoms with Gasteiger partial charge in [0.1, 0.15) is 5.75 Å². The van der Waals surface area contributed by atoms with Crippen LogP contribution in [-0.2, 0) is 0 Å². The van der Waals surface area contributed by atoms with Crippen LogP contribution in [0.5, 0.6) is 5.75 Å². The maximum Gasteiger partial charge on any atom is 0.118 e. The maximum atomic E-state index is 5.19. The molecule has 0 saturated heterocycles. The quantitative estimate of drug-likeness (QED) is 0.776. The van der Waals surface area contributed by atoms with Crippen LogP contribution in [-0.4, -0.2) is 13.7 Å². The number of nitrogens with one attached hydrogen (secondary N) is 1. The lowest BCUT2D eigenvalue weighted by molar-refractivity contribution is 0.404. The Bertz CT molecular complexity index is 307. The molecule has 0 aromatic heterocycles. The van der Waals surface area contributed by atoms with Crippen LogP contribution in [0.25, 0.3) is 0 Å². The third-order valence-corrected chi connectivity index (χ3v) is 3.30. The van der Waals surface area contributed by atoms with Gasteiger partial charge in [-0.3, -0.25) is 0 Å². The molecule has 1 N–H and O–H groups in total. The minimum absolute atomic E-state index is 0.459. The molecule has 0 radical (unpaired) electrons.